The summed E-state index contributed by atoms with van der Waals surface area (Å²) in [6.45, 7) is 0. The molecule has 0 aromatic heterocycles. The van der Waals surface area contributed by atoms with Crippen LogP contribution in [0.4, 0.5) is 14.5 Å². The van der Waals surface area contributed by atoms with Crippen LogP contribution in [0.3, 0.4) is 0 Å². The Morgan fingerprint density at radius 2 is 0.857 bits per heavy atom. The molecule has 0 N–H and O–H groups in total. The van der Waals surface area contributed by atoms with Crippen molar-refractivity contribution < 1.29 is 14.5 Å². The predicted octanol–water partition coefficient (Wildman–Crippen LogP) is 2.57. The van der Waals surface area contributed by atoms with Crippen molar-refractivity contribution in [3.8, 4) is 0 Å². The van der Waals surface area contributed by atoms with Crippen LogP contribution < -0.4 is 0 Å². The Balaban J connectivity index is 4.43. The van der Waals surface area contributed by atoms with Crippen LogP contribution in [-0.4, -0.2) is 16.1 Å². The van der Waals surface area contributed by atoms with E-state index in [1.54, 1.807) is 0 Å². The Morgan fingerprint density at radius 3 is 0.857 bits per heavy atom. The van der Waals surface area contributed by atoms with Gasteiger partial charge in [-0.15, -0.1) is 0 Å². The zero-order valence-electron chi connectivity index (χ0n) is 2.68. The molecule has 0 spiro atoms. The third-order valence-electron chi connectivity index (χ3n) is 0. The summed E-state index contributed by atoms with van der Waals surface area (Å²) in [5.41, 5.74) is 0. The summed E-state index contributed by atoms with van der Waals surface area (Å²) in [6, 6.07) is 0. The standard InChI is InChI=1S/BrF5Te/c1-7(2,3,4,5)6. The van der Waals surface area contributed by atoms with Gasteiger partial charge < -0.3 is 0 Å². The molecule has 7 heavy (non-hydrogen) atoms. The maximum absolute atomic E-state index is 10.5. The molecule has 0 nitrogen and oxygen atoms in total. The molecule has 0 aromatic rings. The Bertz CT molecular complexity index is 66.6. The summed E-state index contributed by atoms with van der Waals surface area (Å²) in [4.78, 5) is 0. The first kappa shape index (κ1) is 7.92. The van der Waals surface area contributed by atoms with Gasteiger partial charge in [-0.3, -0.25) is 0 Å². The number of halogens is 6. The first-order chi connectivity index (χ1) is 2.45. The Hall–Kier alpha value is 0.920. The Labute approximate surface area is 43.5 Å². The molecule has 0 atom stereocenters. The summed E-state index contributed by atoms with van der Waals surface area (Å²) < 4.78 is 52.5. The summed E-state index contributed by atoms with van der Waals surface area (Å²) in [5, 5.41) is 0. The normalized spacial score (nSPS) is 23.1. The molecular formula is BrF5Te. The van der Waals surface area contributed by atoms with E-state index in [4.69, 9.17) is 0 Å². The first-order valence-electron chi connectivity index (χ1n) is 0.926. The molecule has 0 saturated heterocycles. The van der Waals surface area contributed by atoms with Crippen LogP contribution in [0.2, 0.25) is 0 Å². The summed E-state index contributed by atoms with van der Waals surface area (Å²) >= 11 is -9.43. The minimum absolute atomic E-state index is 0.439. The molecule has 0 aliphatic carbocycles. The average molecular weight is 302 g/mol. The molecule has 48 valence electrons. The molecular weight excluding hydrogens is 302 g/mol. The van der Waals surface area contributed by atoms with Crippen molar-refractivity contribution in [3.05, 3.63) is 0 Å². The molecule has 0 aliphatic rings. The van der Waals surface area contributed by atoms with E-state index in [1.165, 1.54) is 0 Å². The van der Waals surface area contributed by atoms with Gasteiger partial charge in [-0.2, -0.15) is 0 Å². The van der Waals surface area contributed by atoms with E-state index >= 15 is 0 Å². The van der Waals surface area contributed by atoms with Crippen molar-refractivity contribution in [1.82, 2.24) is 0 Å². The van der Waals surface area contributed by atoms with Crippen molar-refractivity contribution in [2.24, 2.45) is 0 Å². The van der Waals surface area contributed by atoms with Gasteiger partial charge in [0, 0.05) is 0 Å². The van der Waals surface area contributed by atoms with E-state index < -0.39 is 16.1 Å². The fourth-order valence-electron chi connectivity index (χ4n) is 0. The SMILES string of the molecule is F[Te](F)(F)(F)(F)Br. The summed E-state index contributed by atoms with van der Waals surface area (Å²) in [6.07, 6.45) is 0. The Kier molecular flexibility index (Phi) is 1.08. The van der Waals surface area contributed by atoms with Crippen LogP contribution in [0.25, 0.3) is 0 Å². The Morgan fingerprint density at radius 1 is 0.857 bits per heavy atom. The first-order valence-corrected chi connectivity index (χ1v) is 10.6. The van der Waals surface area contributed by atoms with Gasteiger partial charge in [-0.1, -0.05) is 0 Å². The molecule has 0 bridgehead atoms. The van der Waals surface area contributed by atoms with Crippen molar-refractivity contribution in [3.63, 3.8) is 0 Å². The third-order valence-corrected chi connectivity index (χ3v) is 0. The third kappa shape index (κ3) is 198. The fraction of sp³-hybridized carbons (Fsp3) is 0. The van der Waals surface area contributed by atoms with Crippen LogP contribution in [0.15, 0.2) is 0 Å². The van der Waals surface area contributed by atoms with Crippen LogP contribution in [0, 0.1) is 0 Å². The van der Waals surface area contributed by atoms with Gasteiger partial charge in [-0.25, -0.2) is 0 Å². The second-order valence-corrected chi connectivity index (χ2v) is 14.1. The van der Waals surface area contributed by atoms with Crippen LogP contribution in [0.1, 0.15) is 0 Å². The van der Waals surface area contributed by atoms with E-state index in [0.29, 0.717) is 12.8 Å². The summed E-state index contributed by atoms with van der Waals surface area (Å²) in [5.74, 6) is 0. The second-order valence-electron chi connectivity index (χ2n) is 0.875. The quantitative estimate of drug-likeness (QED) is 0.476. The fourth-order valence-corrected chi connectivity index (χ4v) is 0. The van der Waals surface area contributed by atoms with Crippen molar-refractivity contribution >= 4 is 28.8 Å². The van der Waals surface area contributed by atoms with Crippen molar-refractivity contribution in [2.75, 3.05) is 0 Å². The minimum atomic E-state index is -9.87. The molecule has 0 rings (SSSR count). The van der Waals surface area contributed by atoms with E-state index in [-0.39, 0.29) is 0 Å². The molecule has 0 fully saturated rings. The second kappa shape index (κ2) is 0.957. The van der Waals surface area contributed by atoms with Gasteiger partial charge >= 0.3 is 43.3 Å². The average Bonchev–Trinajstić information content (AvgIpc) is 0.592. The molecule has 0 aromatic carbocycles. The topological polar surface area (TPSA) is 0 Å². The zero-order chi connectivity index (χ0) is 6.41. The number of hydrogen-bond acceptors (Lipinski definition) is 0. The van der Waals surface area contributed by atoms with E-state index in [2.05, 4.69) is 0 Å². The van der Waals surface area contributed by atoms with E-state index in [1.807, 2.05) is 0 Å². The monoisotopic (exact) mass is 304 g/mol. The maximum atomic E-state index is 10.5. The zero-order valence-corrected chi connectivity index (χ0v) is 6.59. The molecule has 0 aliphatic heterocycles. The molecule has 0 heterocycles. The van der Waals surface area contributed by atoms with Gasteiger partial charge in [-0.05, 0) is 0 Å². The van der Waals surface area contributed by atoms with Crippen LogP contribution >= 0.6 is 12.8 Å². The van der Waals surface area contributed by atoms with Crippen LogP contribution in [0.5, 0.6) is 0 Å². The van der Waals surface area contributed by atoms with Gasteiger partial charge in [0.25, 0.3) is 0 Å². The van der Waals surface area contributed by atoms with E-state index in [0.717, 1.165) is 0 Å². The van der Waals surface area contributed by atoms with Gasteiger partial charge in [0.2, 0.25) is 0 Å². The van der Waals surface area contributed by atoms with E-state index in [9.17, 15) is 14.5 Å². The number of hydrogen-bond donors (Lipinski definition) is 0. The van der Waals surface area contributed by atoms with Gasteiger partial charge in [0.05, 0.1) is 0 Å². The van der Waals surface area contributed by atoms with Gasteiger partial charge in [0.15, 0.2) is 0 Å². The predicted molar refractivity (Wildman–Crippen MR) is 20.2 cm³/mol. The summed E-state index contributed by atoms with van der Waals surface area (Å²) in [7, 11) is 0. The van der Waals surface area contributed by atoms with Gasteiger partial charge in [0.1, 0.15) is 0 Å². The van der Waals surface area contributed by atoms with Crippen LogP contribution in [-0.2, 0) is 0 Å². The van der Waals surface area contributed by atoms with Crippen molar-refractivity contribution in [1.29, 1.82) is 0 Å². The molecule has 0 amide bonds. The molecule has 0 saturated carbocycles. The molecule has 0 radical (unpaired) electrons. The van der Waals surface area contributed by atoms with Crippen molar-refractivity contribution in [2.45, 2.75) is 0 Å². The molecule has 7 heteroatoms. The molecule has 0 unspecified atom stereocenters. The number of rotatable bonds is 0.